The van der Waals surface area contributed by atoms with E-state index in [0.29, 0.717) is 11.9 Å². The molecule has 0 saturated heterocycles. The lowest BCUT2D eigenvalue weighted by Crippen LogP contribution is -2.20. The molecule has 0 aliphatic rings. The molecule has 0 fully saturated rings. The minimum Gasteiger partial charge on any atom is -0.295 e. The predicted octanol–water partition coefficient (Wildman–Crippen LogP) is 1.77. The van der Waals surface area contributed by atoms with Gasteiger partial charge in [0, 0.05) is 6.54 Å². The van der Waals surface area contributed by atoms with E-state index >= 15 is 0 Å². The second-order valence-electron chi connectivity index (χ2n) is 4.80. The van der Waals surface area contributed by atoms with E-state index in [0.717, 1.165) is 30.7 Å². The van der Waals surface area contributed by atoms with Crippen LogP contribution in [0.3, 0.4) is 0 Å². The maximum absolute atomic E-state index is 12.3. The van der Waals surface area contributed by atoms with Gasteiger partial charge in [-0.25, -0.2) is 14.3 Å². The lowest BCUT2D eigenvalue weighted by atomic mass is 10.3. The number of rotatable bonds is 5. The van der Waals surface area contributed by atoms with Gasteiger partial charge in [0.05, 0.1) is 10.9 Å². The van der Waals surface area contributed by atoms with Crippen LogP contribution in [0.4, 0.5) is 0 Å². The van der Waals surface area contributed by atoms with Gasteiger partial charge >= 0.3 is 0 Å². The summed E-state index contributed by atoms with van der Waals surface area (Å²) in [5.74, 6) is 0.798. The van der Waals surface area contributed by atoms with Gasteiger partial charge in [-0.1, -0.05) is 25.5 Å². The zero-order chi connectivity index (χ0) is 13.9. The second-order valence-corrected chi connectivity index (χ2v) is 4.80. The van der Waals surface area contributed by atoms with Crippen molar-refractivity contribution in [1.29, 1.82) is 0 Å². The average molecular weight is 271 g/mol. The zero-order valence-corrected chi connectivity index (χ0v) is 11.4. The first-order valence-electron chi connectivity index (χ1n) is 6.84. The van der Waals surface area contributed by atoms with Crippen molar-refractivity contribution in [3.63, 3.8) is 0 Å². The Labute approximate surface area is 116 Å². The number of H-pyrrole nitrogens is 1. The summed E-state index contributed by atoms with van der Waals surface area (Å²) in [7, 11) is 0. The van der Waals surface area contributed by atoms with Crippen molar-refractivity contribution < 1.29 is 0 Å². The van der Waals surface area contributed by atoms with E-state index in [1.165, 1.54) is 0 Å². The van der Waals surface area contributed by atoms with E-state index in [4.69, 9.17) is 0 Å². The zero-order valence-electron chi connectivity index (χ0n) is 11.4. The van der Waals surface area contributed by atoms with Crippen LogP contribution in [0, 0.1) is 0 Å². The monoisotopic (exact) mass is 271 g/mol. The fourth-order valence-electron chi connectivity index (χ4n) is 2.27. The fraction of sp³-hybridized carbons (Fsp3) is 0.357. The summed E-state index contributed by atoms with van der Waals surface area (Å²) in [4.78, 5) is 16.5. The van der Waals surface area contributed by atoms with E-state index in [-0.39, 0.29) is 5.56 Å². The number of fused-ring (bicyclic) bond motifs is 1. The van der Waals surface area contributed by atoms with Crippen molar-refractivity contribution in [2.24, 2.45) is 0 Å². The molecule has 0 radical (unpaired) electrons. The van der Waals surface area contributed by atoms with Gasteiger partial charge in [0.25, 0.3) is 5.56 Å². The number of aryl methyl sites for hydroxylation is 1. The first kappa shape index (κ1) is 12.7. The highest BCUT2D eigenvalue weighted by Crippen LogP contribution is 2.07. The lowest BCUT2D eigenvalue weighted by Gasteiger charge is -2.05. The summed E-state index contributed by atoms with van der Waals surface area (Å²) >= 11 is 0. The summed E-state index contributed by atoms with van der Waals surface area (Å²) in [6.45, 7) is 3.39. The van der Waals surface area contributed by atoms with Gasteiger partial charge in [-0.05, 0) is 18.6 Å². The van der Waals surface area contributed by atoms with Gasteiger partial charge in [0.1, 0.15) is 18.7 Å². The molecule has 6 heteroatoms. The Hall–Kier alpha value is -2.37. The summed E-state index contributed by atoms with van der Waals surface area (Å²) in [6, 6.07) is 7.50. The average Bonchev–Trinajstić information content (AvgIpc) is 3.03. The van der Waals surface area contributed by atoms with E-state index in [1.807, 2.05) is 28.9 Å². The number of nitrogens with one attached hydrogen (secondary N) is 1. The van der Waals surface area contributed by atoms with Gasteiger partial charge in [-0.2, -0.15) is 5.10 Å². The lowest BCUT2D eigenvalue weighted by molar-refractivity contribution is 0.519. The highest BCUT2D eigenvalue weighted by molar-refractivity contribution is 5.77. The molecule has 104 valence electrons. The van der Waals surface area contributed by atoms with Crippen molar-refractivity contribution >= 4 is 10.9 Å². The SMILES string of the molecule is CCCCn1ncnc1Cn1[nH]c2ccccc2c1=O. The largest absolute Gasteiger partial charge is 0.295 e. The van der Waals surface area contributed by atoms with Crippen LogP contribution in [-0.4, -0.2) is 24.5 Å². The van der Waals surface area contributed by atoms with Crippen molar-refractivity contribution in [3.05, 3.63) is 46.8 Å². The Bertz CT molecular complexity index is 767. The van der Waals surface area contributed by atoms with Gasteiger partial charge < -0.3 is 0 Å². The predicted molar refractivity (Wildman–Crippen MR) is 76.6 cm³/mol. The van der Waals surface area contributed by atoms with Crippen molar-refractivity contribution in [2.45, 2.75) is 32.9 Å². The third-order valence-corrected chi connectivity index (χ3v) is 3.38. The molecule has 0 saturated carbocycles. The van der Waals surface area contributed by atoms with Crippen LogP contribution < -0.4 is 5.56 Å². The molecule has 0 aliphatic carbocycles. The quantitative estimate of drug-likeness (QED) is 0.769. The molecule has 0 bridgehead atoms. The Morgan fingerprint density at radius 1 is 1.30 bits per heavy atom. The number of para-hydroxylation sites is 1. The van der Waals surface area contributed by atoms with Crippen LogP contribution in [0.2, 0.25) is 0 Å². The van der Waals surface area contributed by atoms with Crippen LogP contribution in [0.5, 0.6) is 0 Å². The van der Waals surface area contributed by atoms with E-state index in [2.05, 4.69) is 22.1 Å². The summed E-state index contributed by atoms with van der Waals surface area (Å²) in [5.41, 5.74) is 0.822. The number of aromatic amines is 1. The highest BCUT2D eigenvalue weighted by atomic mass is 16.1. The Morgan fingerprint density at radius 2 is 2.15 bits per heavy atom. The number of hydrogen-bond donors (Lipinski definition) is 1. The van der Waals surface area contributed by atoms with Gasteiger partial charge in [-0.15, -0.1) is 0 Å². The number of nitrogens with zero attached hydrogens (tertiary/aromatic N) is 4. The van der Waals surface area contributed by atoms with Crippen LogP contribution in [-0.2, 0) is 13.1 Å². The van der Waals surface area contributed by atoms with E-state index in [9.17, 15) is 4.79 Å². The Kier molecular flexibility index (Phi) is 3.37. The number of aromatic nitrogens is 5. The molecule has 0 unspecified atom stereocenters. The normalized spacial score (nSPS) is 11.2. The fourth-order valence-corrected chi connectivity index (χ4v) is 2.27. The molecule has 2 heterocycles. The first-order valence-corrected chi connectivity index (χ1v) is 6.84. The molecular formula is C14H17N5O. The van der Waals surface area contributed by atoms with E-state index < -0.39 is 0 Å². The number of unbranched alkanes of at least 4 members (excludes halogenated alkanes) is 1. The van der Waals surface area contributed by atoms with Crippen molar-refractivity contribution in [2.75, 3.05) is 0 Å². The topological polar surface area (TPSA) is 68.5 Å². The summed E-state index contributed by atoms with van der Waals surface area (Å²) in [5, 5.41) is 8.02. The molecule has 0 amide bonds. The smallest absolute Gasteiger partial charge is 0.274 e. The van der Waals surface area contributed by atoms with Gasteiger partial charge in [0.2, 0.25) is 0 Å². The third kappa shape index (κ3) is 2.24. The summed E-state index contributed by atoms with van der Waals surface area (Å²) in [6.07, 6.45) is 3.70. The number of hydrogen-bond acceptors (Lipinski definition) is 3. The third-order valence-electron chi connectivity index (χ3n) is 3.38. The minimum absolute atomic E-state index is 0.0226. The van der Waals surface area contributed by atoms with Gasteiger partial charge in [0.15, 0.2) is 0 Å². The van der Waals surface area contributed by atoms with Crippen LogP contribution in [0.25, 0.3) is 10.9 Å². The standard InChI is InChI=1S/C14H17N5O/c1-2-3-8-18-13(15-10-16-18)9-19-14(20)11-6-4-5-7-12(11)17-19/h4-7,10,17H,2-3,8-9H2,1H3. The van der Waals surface area contributed by atoms with Crippen LogP contribution in [0.15, 0.2) is 35.4 Å². The molecule has 3 rings (SSSR count). The molecule has 0 atom stereocenters. The van der Waals surface area contributed by atoms with Crippen LogP contribution >= 0.6 is 0 Å². The summed E-state index contributed by atoms with van der Waals surface area (Å²) < 4.78 is 3.44. The molecule has 20 heavy (non-hydrogen) atoms. The Morgan fingerprint density at radius 3 is 2.95 bits per heavy atom. The molecule has 0 aliphatic heterocycles. The second kappa shape index (κ2) is 5.32. The molecule has 1 aromatic carbocycles. The van der Waals surface area contributed by atoms with Crippen LogP contribution in [0.1, 0.15) is 25.6 Å². The van der Waals surface area contributed by atoms with E-state index in [1.54, 1.807) is 11.0 Å². The molecule has 3 aromatic rings. The molecule has 1 N–H and O–H groups in total. The van der Waals surface area contributed by atoms with Crippen molar-refractivity contribution in [1.82, 2.24) is 24.5 Å². The molecule has 2 aromatic heterocycles. The number of benzene rings is 1. The molecular weight excluding hydrogens is 254 g/mol. The molecule has 0 spiro atoms. The molecule has 6 nitrogen and oxygen atoms in total. The maximum Gasteiger partial charge on any atom is 0.274 e. The Balaban J connectivity index is 1.92. The van der Waals surface area contributed by atoms with Crippen molar-refractivity contribution in [3.8, 4) is 0 Å². The van der Waals surface area contributed by atoms with Gasteiger partial charge in [-0.3, -0.25) is 9.89 Å². The minimum atomic E-state index is -0.0226. The first-order chi connectivity index (χ1) is 9.79. The maximum atomic E-state index is 12.3. The highest BCUT2D eigenvalue weighted by Gasteiger charge is 2.10.